The van der Waals surface area contributed by atoms with E-state index in [0.29, 0.717) is 11.4 Å². The molecule has 1 atom stereocenters. The Balaban J connectivity index is 1.79. The van der Waals surface area contributed by atoms with Crippen molar-refractivity contribution in [1.82, 2.24) is 4.57 Å². The molecule has 128 valence electrons. The maximum absolute atomic E-state index is 13.6. The topological polar surface area (TPSA) is 43.3 Å². The Kier molecular flexibility index (Phi) is 5.14. The van der Waals surface area contributed by atoms with Crippen LogP contribution in [0.15, 0.2) is 73.1 Å². The summed E-state index contributed by atoms with van der Waals surface area (Å²) < 4.78 is 20.7. The Hall–Kier alpha value is -3.08. The maximum atomic E-state index is 13.6. The molecule has 0 saturated heterocycles. The van der Waals surface area contributed by atoms with Crippen LogP contribution in [-0.4, -0.2) is 17.6 Å². The van der Waals surface area contributed by atoms with Crippen LogP contribution in [0.1, 0.15) is 18.0 Å². The standard InChI is InChI=1S/C20H19FN2O2/c1-25-18-9-5-8-17(13-18)22-20(24)14-19(23-10-2-3-11-23)15-6-4-7-16(21)12-15/h2-13,19H,14H2,1H3,(H,22,24)/t19-/m0/s1. The second kappa shape index (κ2) is 7.66. The van der Waals surface area contributed by atoms with E-state index in [0.717, 1.165) is 5.56 Å². The number of ether oxygens (including phenoxy) is 1. The molecule has 1 N–H and O–H groups in total. The molecule has 1 heterocycles. The number of carbonyl (C=O) groups is 1. The van der Waals surface area contributed by atoms with Gasteiger partial charge in [0.1, 0.15) is 11.6 Å². The summed E-state index contributed by atoms with van der Waals surface area (Å²) in [6.45, 7) is 0. The highest BCUT2D eigenvalue weighted by Gasteiger charge is 2.18. The van der Waals surface area contributed by atoms with Crippen LogP contribution in [-0.2, 0) is 4.79 Å². The van der Waals surface area contributed by atoms with Gasteiger partial charge in [-0.15, -0.1) is 0 Å². The van der Waals surface area contributed by atoms with E-state index >= 15 is 0 Å². The molecule has 0 aliphatic rings. The van der Waals surface area contributed by atoms with Crippen LogP contribution in [0.5, 0.6) is 5.75 Å². The molecule has 0 bridgehead atoms. The van der Waals surface area contributed by atoms with Crippen LogP contribution in [0.4, 0.5) is 10.1 Å². The van der Waals surface area contributed by atoms with E-state index in [1.165, 1.54) is 12.1 Å². The monoisotopic (exact) mass is 338 g/mol. The first-order valence-corrected chi connectivity index (χ1v) is 7.97. The third-order valence-electron chi connectivity index (χ3n) is 3.95. The van der Waals surface area contributed by atoms with Gasteiger partial charge >= 0.3 is 0 Å². The van der Waals surface area contributed by atoms with Crippen molar-refractivity contribution in [2.45, 2.75) is 12.5 Å². The predicted octanol–water partition coefficient (Wildman–Crippen LogP) is 4.25. The van der Waals surface area contributed by atoms with E-state index in [4.69, 9.17) is 4.74 Å². The van der Waals surface area contributed by atoms with Crippen molar-refractivity contribution in [3.8, 4) is 5.75 Å². The van der Waals surface area contributed by atoms with Crippen LogP contribution in [0, 0.1) is 5.82 Å². The SMILES string of the molecule is COc1cccc(NC(=O)C[C@@H](c2cccc(F)c2)n2cccc2)c1. The molecule has 0 radical (unpaired) electrons. The molecule has 3 aromatic rings. The minimum absolute atomic E-state index is 0.156. The van der Waals surface area contributed by atoms with Crippen molar-refractivity contribution >= 4 is 11.6 Å². The minimum atomic E-state index is -0.317. The van der Waals surface area contributed by atoms with E-state index in [1.54, 1.807) is 25.3 Å². The third-order valence-corrected chi connectivity index (χ3v) is 3.95. The van der Waals surface area contributed by atoms with Crippen LogP contribution < -0.4 is 10.1 Å². The average molecular weight is 338 g/mol. The molecule has 0 aliphatic carbocycles. The van der Waals surface area contributed by atoms with Crippen molar-refractivity contribution in [2.24, 2.45) is 0 Å². The molecule has 2 aromatic carbocycles. The van der Waals surface area contributed by atoms with Crippen LogP contribution in [0.25, 0.3) is 0 Å². The Morgan fingerprint density at radius 2 is 1.88 bits per heavy atom. The van der Waals surface area contributed by atoms with Gasteiger partial charge in [0.05, 0.1) is 19.6 Å². The first-order chi connectivity index (χ1) is 12.2. The number of carbonyl (C=O) groups excluding carboxylic acids is 1. The number of nitrogens with zero attached hydrogens (tertiary/aromatic N) is 1. The summed E-state index contributed by atoms with van der Waals surface area (Å²) in [5.41, 5.74) is 1.41. The van der Waals surface area contributed by atoms with Crippen LogP contribution >= 0.6 is 0 Å². The number of amides is 1. The van der Waals surface area contributed by atoms with Gasteiger partial charge in [-0.2, -0.15) is 0 Å². The summed E-state index contributed by atoms with van der Waals surface area (Å²) in [6, 6.07) is 17.0. The van der Waals surface area contributed by atoms with Gasteiger partial charge in [0.25, 0.3) is 0 Å². The zero-order valence-electron chi connectivity index (χ0n) is 13.9. The van der Waals surface area contributed by atoms with Crippen molar-refractivity contribution < 1.29 is 13.9 Å². The van der Waals surface area contributed by atoms with Gasteiger partial charge in [0.15, 0.2) is 0 Å². The largest absolute Gasteiger partial charge is 0.497 e. The fourth-order valence-corrected chi connectivity index (χ4v) is 2.75. The molecule has 0 saturated carbocycles. The summed E-state index contributed by atoms with van der Waals surface area (Å²) in [7, 11) is 1.58. The highest BCUT2D eigenvalue weighted by atomic mass is 19.1. The number of methoxy groups -OCH3 is 1. The van der Waals surface area contributed by atoms with Gasteiger partial charge in [-0.25, -0.2) is 4.39 Å². The second-order valence-electron chi connectivity index (χ2n) is 5.69. The molecule has 0 fully saturated rings. The molecule has 3 rings (SSSR count). The van der Waals surface area contributed by atoms with Gasteiger partial charge in [-0.3, -0.25) is 4.79 Å². The number of hydrogen-bond acceptors (Lipinski definition) is 2. The number of benzene rings is 2. The lowest BCUT2D eigenvalue weighted by Crippen LogP contribution is -2.19. The first kappa shape index (κ1) is 16.8. The quantitative estimate of drug-likeness (QED) is 0.730. The number of rotatable bonds is 6. The molecule has 0 aliphatic heterocycles. The van der Waals surface area contributed by atoms with Gasteiger partial charge < -0.3 is 14.6 Å². The molecule has 0 unspecified atom stereocenters. The molecule has 0 spiro atoms. The van der Waals surface area contributed by atoms with Crippen molar-refractivity contribution in [3.63, 3.8) is 0 Å². The highest BCUT2D eigenvalue weighted by Crippen LogP contribution is 2.24. The van der Waals surface area contributed by atoms with E-state index in [9.17, 15) is 9.18 Å². The number of halogens is 1. The van der Waals surface area contributed by atoms with E-state index in [1.807, 2.05) is 47.3 Å². The second-order valence-corrected chi connectivity index (χ2v) is 5.69. The van der Waals surface area contributed by atoms with Gasteiger partial charge in [0, 0.05) is 24.1 Å². The Morgan fingerprint density at radius 3 is 2.60 bits per heavy atom. The molecular formula is C20H19FN2O2. The Morgan fingerprint density at radius 1 is 1.12 bits per heavy atom. The zero-order valence-corrected chi connectivity index (χ0v) is 13.9. The van der Waals surface area contributed by atoms with Crippen molar-refractivity contribution in [3.05, 3.63) is 84.4 Å². The molecule has 25 heavy (non-hydrogen) atoms. The summed E-state index contributed by atoms with van der Waals surface area (Å²) in [5, 5.41) is 2.87. The van der Waals surface area contributed by atoms with Gasteiger partial charge in [-0.05, 0) is 42.0 Å². The number of aromatic nitrogens is 1. The lowest BCUT2D eigenvalue weighted by Gasteiger charge is -2.19. The van der Waals surface area contributed by atoms with Gasteiger partial charge in [-0.1, -0.05) is 18.2 Å². The van der Waals surface area contributed by atoms with Gasteiger partial charge in [0.2, 0.25) is 5.91 Å². The molecule has 4 nitrogen and oxygen atoms in total. The smallest absolute Gasteiger partial charge is 0.226 e. The van der Waals surface area contributed by atoms with E-state index in [2.05, 4.69) is 5.32 Å². The zero-order chi connectivity index (χ0) is 17.6. The lowest BCUT2D eigenvalue weighted by molar-refractivity contribution is -0.116. The summed E-state index contributed by atoms with van der Waals surface area (Å²) >= 11 is 0. The summed E-state index contributed by atoms with van der Waals surface area (Å²) in [4.78, 5) is 12.5. The Bertz CT molecular complexity index is 846. The van der Waals surface area contributed by atoms with E-state index in [-0.39, 0.29) is 24.2 Å². The van der Waals surface area contributed by atoms with Crippen molar-refractivity contribution in [1.29, 1.82) is 0 Å². The molecule has 5 heteroatoms. The number of anilines is 1. The predicted molar refractivity (Wildman–Crippen MR) is 95.2 cm³/mol. The third kappa shape index (κ3) is 4.26. The summed E-state index contributed by atoms with van der Waals surface area (Å²) in [5.74, 6) is 0.198. The fraction of sp³-hybridized carbons (Fsp3) is 0.150. The number of nitrogens with one attached hydrogen (secondary N) is 1. The minimum Gasteiger partial charge on any atom is -0.497 e. The lowest BCUT2D eigenvalue weighted by atomic mass is 10.0. The normalized spacial score (nSPS) is 11.8. The highest BCUT2D eigenvalue weighted by molar-refractivity contribution is 5.91. The maximum Gasteiger partial charge on any atom is 0.226 e. The molecule has 1 aromatic heterocycles. The molecule has 1 amide bonds. The average Bonchev–Trinajstić information content (AvgIpc) is 3.14. The first-order valence-electron chi connectivity index (χ1n) is 7.97. The van der Waals surface area contributed by atoms with E-state index < -0.39 is 0 Å². The summed E-state index contributed by atoms with van der Waals surface area (Å²) in [6.07, 6.45) is 3.93. The molecular weight excluding hydrogens is 319 g/mol. The number of hydrogen-bond donors (Lipinski definition) is 1. The van der Waals surface area contributed by atoms with Crippen LogP contribution in [0.3, 0.4) is 0 Å². The Labute approximate surface area is 145 Å². The van der Waals surface area contributed by atoms with Crippen molar-refractivity contribution in [2.75, 3.05) is 12.4 Å². The fourth-order valence-electron chi connectivity index (χ4n) is 2.75. The van der Waals surface area contributed by atoms with Crippen LogP contribution in [0.2, 0.25) is 0 Å².